The number of carboxylic acids is 1. The Balaban J connectivity index is 2.01. The molecular formula is C15H15NO3. The molecule has 0 radical (unpaired) electrons. The highest BCUT2D eigenvalue weighted by Crippen LogP contribution is 2.19. The standard InChI is InChI=1S/C15H15NO3/c1-2-11-3-5-12(6-4-11)14(17)16-9-7-13(8-10-16)15(18)19/h1,3-6,13H,7-10H2,(H,18,19). The zero-order chi connectivity index (χ0) is 13.8. The van der Waals surface area contributed by atoms with Crippen molar-refractivity contribution >= 4 is 11.9 Å². The third kappa shape index (κ3) is 2.94. The summed E-state index contributed by atoms with van der Waals surface area (Å²) < 4.78 is 0. The van der Waals surface area contributed by atoms with Crippen LogP contribution in [-0.4, -0.2) is 35.0 Å². The van der Waals surface area contributed by atoms with Gasteiger partial charge in [-0.1, -0.05) is 5.92 Å². The molecule has 1 saturated heterocycles. The molecule has 0 bridgehead atoms. The molecule has 1 aliphatic rings. The number of likely N-dealkylation sites (tertiary alicyclic amines) is 1. The van der Waals surface area contributed by atoms with Gasteiger partial charge in [0.15, 0.2) is 0 Å². The summed E-state index contributed by atoms with van der Waals surface area (Å²) in [6.45, 7) is 0.985. The third-order valence-corrected chi connectivity index (χ3v) is 3.43. The summed E-state index contributed by atoms with van der Waals surface area (Å²) in [5, 5.41) is 8.92. The number of carbonyl (C=O) groups excluding carboxylic acids is 1. The van der Waals surface area contributed by atoms with Gasteiger partial charge in [0.05, 0.1) is 5.92 Å². The first-order valence-electron chi connectivity index (χ1n) is 6.20. The monoisotopic (exact) mass is 257 g/mol. The number of piperidine rings is 1. The number of nitrogens with zero attached hydrogens (tertiary/aromatic N) is 1. The van der Waals surface area contributed by atoms with Crippen LogP contribution >= 0.6 is 0 Å². The normalized spacial score (nSPS) is 15.8. The van der Waals surface area contributed by atoms with Crippen molar-refractivity contribution in [2.45, 2.75) is 12.8 Å². The average Bonchev–Trinajstić information content (AvgIpc) is 2.46. The molecule has 1 heterocycles. The van der Waals surface area contributed by atoms with E-state index in [0.29, 0.717) is 31.5 Å². The molecule has 1 N–H and O–H groups in total. The second-order valence-electron chi connectivity index (χ2n) is 4.63. The molecule has 1 fully saturated rings. The van der Waals surface area contributed by atoms with Crippen molar-refractivity contribution in [1.82, 2.24) is 4.90 Å². The van der Waals surface area contributed by atoms with E-state index in [0.717, 1.165) is 5.56 Å². The van der Waals surface area contributed by atoms with Gasteiger partial charge in [-0.15, -0.1) is 6.42 Å². The number of hydrogen-bond donors (Lipinski definition) is 1. The molecule has 1 aromatic carbocycles. The van der Waals surface area contributed by atoms with Crippen molar-refractivity contribution in [2.24, 2.45) is 5.92 Å². The van der Waals surface area contributed by atoms with Gasteiger partial charge in [-0.05, 0) is 37.1 Å². The SMILES string of the molecule is C#Cc1ccc(C(=O)N2CCC(C(=O)O)CC2)cc1. The fourth-order valence-corrected chi connectivity index (χ4v) is 2.22. The molecule has 2 rings (SSSR count). The zero-order valence-electron chi connectivity index (χ0n) is 10.5. The zero-order valence-corrected chi connectivity index (χ0v) is 10.5. The molecule has 0 atom stereocenters. The quantitative estimate of drug-likeness (QED) is 0.819. The van der Waals surface area contributed by atoms with E-state index in [1.165, 1.54) is 0 Å². The van der Waals surface area contributed by atoms with Crippen LogP contribution in [0.1, 0.15) is 28.8 Å². The lowest BCUT2D eigenvalue weighted by atomic mass is 9.96. The van der Waals surface area contributed by atoms with Crippen molar-refractivity contribution in [1.29, 1.82) is 0 Å². The maximum atomic E-state index is 12.2. The molecule has 0 spiro atoms. The summed E-state index contributed by atoms with van der Waals surface area (Å²) in [7, 11) is 0. The fourth-order valence-electron chi connectivity index (χ4n) is 2.22. The molecule has 4 nitrogen and oxygen atoms in total. The number of aliphatic carboxylic acids is 1. The van der Waals surface area contributed by atoms with Gasteiger partial charge in [-0.3, -0.25) is 9.59 Å². The lowest BCUT2D eigenvalue weighted by Gasteiger charge is -2.30. The molecule has 1 aromatic rings. The largest absolute Gasteiger partial charge is 0.481 e. The van der Waals surface area contributed by atoms with Crippen molar-refractivity contribution in [3.63, 3.8) is 0 Å². The Bertz CT molecular complexity index is 519. The fraction of sp³-hybridized carbons (Fsp3) is 0.333. The predicted octanol–water partition coefficient (Wildman–Crippen LogP) is 1.60. The molecule has 98 valence electrons. The Morgan fingerprint density at radius 2 is 1.79 bits per heavy atom. The minimum atomic E-state index is -0.773. The van der Waals surface area contributed by atoms with Gasteiger partial charge in [0.1, 0.15) is 0 Å². The summed E-state index contributed by atoms with van der Waals surface area (Å²) in [6.07, 6.45) is 6.30. The van der Waals surface area contributed by atoms with Gasteiger partial charge >= 0.3 is 5.97 Å². The van der Waals surface area contributed by atoms with Crippen LogP contribution in [0.15, 0.2) is 24.3 Å². The maximum Gasteiger partial charge on any atom is 0.306 e. The summed E-state index contributed by atoms with van der Waals surface area (Å²) in [5.41, 5.74) is 1.33. The van der Waals surface area contributed by atoms with Crippen LogP contribution in [0.5, 0.6) is 0 Å². The van der Waals surface area contributed by atoms with Gasteiger partial charge in [0.25, 0.3) is 5.91 Å². The second kappa shape index (κ2) is 5.57. The Kier molecular flexibility index (Phi) is 3.86. The highest BCUT2D eigenvalue weighted by Gasteiger charge is 2.27. The summed E-state index contributed by atoms with van der Waals surface area (Å²) >= 11 is 0. The number of carbonyl (C=O) groups is 2. The van der Waals surface area contributed by atoms with Crippen molar-refractivity contribution in [3.05, 3.63) is 35.4 Å². The van der Waals surface area contributed by atoms with Crippen molar-refractivity contribution < 1.29 is 14.7 Å². The Morgan fingerprint density at radius 3 is 2.26 bits per heavy atom. The maximum absolute atomic E-state index is 12.2. The van der Waals surface area contributed by atoms with Crippen LogP contribution in [0.3, 0.4) is 0 Å². The molecule has 0 saturated carbocycles. The van der Waals surface area contributed by atoms with Crippen molar-refractivity contribution in [3.8, 4) is 12.3 Å². The lowest BCUT2D eigenvalue weighted by molar-refractivity contribution is -0.143. The number of amides is 1. The van der Waals surface area contributed by atoms with E-state index in [9.17, 15) is 9.59 Å². The smallest absolute Gasteiger partial charge is 0.306 e. The van der Waals surface area contributed by atoms with Gasteiger partial charge < -0.3 is 10.0 Å². The summed E-state index contributed by atoms with van der Waals surface area (Å²) in [4.78, 5) is 24.8. The highest BCUT2D eigenvalue weighted by atomic mass is 16.4. The molecule has 4 heteroatoms. The third-order valence-electron chi connectivity index (χ3n) is 3.43. The molecule has 0 unspecified atom stereocenters. The van der Waals surface area contributed by atoms with Gasteiger partial charge in [0.2, 0.25) is 0 Å². The van der Waals surface area contributed by atoms with Gasteiger partial charge in [-0.25, -0.2) is 0 Å². The van der Waals surface area contributed by atoms with E-state index in [1.807, 2.05) is 0 Å². The van der Waals surface area contributed by atoms with Crippen LogP contribution in [0.25, 0.3) is 0 Å². The average molecular weight is 257 g/mol. The number of benzene rings is 1. The molecular weight excluding hydrogens is 242 g/mol. The Hall–Kier alpha value is -2.28. The minimum absolute atomic E-state index is 0.0626. The van der Waals surface area contributed by atoms with E-state index >= 15 is 0 Å². The van der Waals surface area contributed by atoms with E-state index in [-0.39, 0.29) is 11.8 Å². The number of carboxylic acid groups (broad SMARTS) is 1. The topological polar surface area (TPSA) is 57.6 Å². The van der Waals surface area contributed by atoms with Crippen LogP contribution in [0.2, 0.25) is 0 Å². The van der Waals surface area contributed by atoms with Crippen molar-refractivity contribution in [2.75, 3.05) is 13.1 Å². The second-order valence-corrected chi connectivity index (χ2v) is 4.63. The number of terminal acetylenes is 1. The lowest BCUT2D eigenvalue weighted by Crippen LogP contribution is -2.40. The first-order chi connectivity index (χ1) is 9.11. The Labute approximate surface area is 112 Å². The first-order valence-corrected chi connectivity index (χ1v) is 6.20. The van der Waals surface area contributed by atoms with Crippen LogP contribution < -0.4 is 0 Å². The minimum Gasteiger partial charge on any atom is -0.481 e. The molecule has 1 amide bonds. The summed E-state index contributed by atoms with van der Waals surface area (Å²) in [6, 6.07) is 6.89. The number of rotatable bonds is 2. The molecule has 0 aromatic heterocycles. The van der Waals surface area contributed by atoms with Crippen LogP contribution in [0.4, 0.5) is 0 Å². The molecule has 19 heavy (non-hydrogen) atoms. The molecule has 1 aliphatic heterocycles. The number of hydrogen-bond acceptors (Lipinski definition) is 2. The first kappa shape index (κ1) is 13.2. The molecule has 0 aliphatic carbocycles. The van der Waals surface area contributed by atoms with Crippen LogP contribution in [0, 0.1) is 18.3 Å². The van der Waals surface area contributed by atoms with Crippen LogP contribution in [-0.2, 0) is 4.79 Å². The van der Waals surface area contributed by atoms with E-state index in [1.54, 1.807) is 29.2 Å². The van der Waals surface area contributed by atoms with E-state index in [2.05, 4.69) is 5.92 Å². The Morgan fingerprint density at radius 1 is 1.21 bits per heavy atom. The highest BCUT2D eigenvalue weighted by molar-refractivity contribution is 5.94. The predicted molar refractivity (Wildman–Crippen MR) is 70.6 cm³/mol. The van der Waals surface area contributed by atoms with Gasteiger partial charge in [0, 0.05) is 24.2 Å². The van der Waals surface area contributed by atoms with E-state index in [4.69, 9.17) is 11.5 Å². The summed E-state index contributed by atoms with van der Waals surface area (Å²) in [5.74, 6) is 1.34. The van der Waals surface area contributed by atoms with Gasteiger partial charge in [-0.2, -0.15) is 0 Å². The van der Waals surface area contributed by atoms with E-state index < -0.39 is 5.97 Å².